The van der Waals surface area contributed by atoms with Gasteiger partial charge in [0.1, 0.15) is 0 Å². The normalized spacial score (nSPS) is 12.4. The average Bonchev–Trinajstić information content (AvgIpc) is 2.74. The lowest BCUT2D eigenvalue weighted by atomic mass is 10.2. The number of hydrogen-bond acceptors (Lipinski definition) is 3. The lowest BCUT2D eigenvalue weighted by Crippen LogP contribution is -2.08. The molecule has 0 radical (unpaired) electrons. The Morgan fingerprint density at radius 2 is 2.40 bits per heavy atom. The van der Waals surface area contributed by atoms with E-state index in [4.69, 9.17) is 0 Å². The third-order valence-corrected chi connectivity index (χ3v) is 2.13. The van der Waals surface area contributed by atoms with Crippen molar-refractivity contribution in [1.82, 2.24) is 15.2 Å². The molecule has 4 nitrogen and oxygen atoms in total. The molecule has 1 atom stereocenters. The number of anilines is 1. The predicted molar refractivity (Wildman–Crippen MR) is 54.8 cm³/mol. The highest BCUT2D eigenvalue weighted by molar-refractivity contribution is 5.38. The highest BCUT2D eigenvalue weighted by Gasteiger charge is 2.09. The van der Waals surface area contributed by atoms with Gasteiger partial charge in [0.25, 0.3) is 0 Å². The Hall–Kier alpha value is -1.91. The zero-order valence-electron chi connectivity index (χ0n) is 8.24. The van der Waals surface area contributed by atoms with Crippen molar-refractivity contribution in [3.05, 3.63) is 42.1 Å². The summed E-state index contributed by atoms with van der Waals surface area (Å²) in [5, 5.41) is 9.50. The fourth-order valence-corrected chi connectivity index (χ4v) is 1.28. The second-order valence-corrected chi connectivity index (χ2v) is 3.23. The van der Waals surface area contributed by atoms with E-state index in [1.54, 1.807) is 24.7 Å². The van der Waals surface area contributed by atoms with Gasteiger partial charge in [-0.1, -0.05) is 0 Å². The second kappa shape index (κ2) is 4.08. The number of rotatable bonds is 3. The van der Waals surface area contributed by atoms with Crippen molar-refractivity contribution >= 4 is 5.82 Å². The number of nitrogens with one attached hydrogen (secondary N) is 2. The molecule has 0 aromatic carbocycles. The maximum atomic E-state index is 13.2. The molecule has 5 heteroatoms. The molecule has 78 valence electrons. The third-order valence-electron chi connectivity index (χ3n) is 2.13. The van der Waals surface area contributed by atoms with Crippen LogP contribution >= 0.6 is 0 Å². The topological polar surface area (TPSA) is 53.6 Å². The van der Waals surface area contributed by atoms with Crippen LogP contribution in [0.25, 0.3) is 0 Å². The minimum Gasteiger partial charge on any atom is -0.361 e. The summed E-state index contributed by atoms with van der Waals surface area (Å²) in [5.74, 6) is -0.0981. The molecule has 2 aromatic rings. The van der Waals surface area contributed by atoms with Crippen LogP contribution in [0, 0.1) is 5.82 Å². The van der Waals surface area contributed by atoms with E-state index < -0.39 is 0 Å². The Morgan fingerprint density at radius 1 is 1.53 bits per heavy atom. The van der Waals surface area contributed by atoms with Gasteiger partial charge < -0.3 is 5.32 Å². The van der Waals surface area contributed by atoms with Crippen molar-refractivity contribution in [3.63, 3.8) is 0 Å². The van der Waals surface area contributed by atoms with Gasteiger partial charge in [0, 0.05) is 18.0 Å². The van der Waals surface area contributed by atoms with Crippen molar-refractivity contribution in [2.75, 3.05) is 5.32 Å². The van der Waals surface area contributed by atoms with E-state index >= 15 is 0 Å². The Morgan fingerprint density at radius 3 is 3.07 bits per heavy atom. The smallest absolute Gasteiger partial charge is 0.165 e. The van der Waals surface area contributed by atoms with Crippen LogP contribution in [-0.4, -0.2) is 15.2 Å². The number of hydrogen-bond donors (Lipinski definition) is 2. The molecule has 2 aromatic heterocycles. The van der Waals surface area contributed by atoms with E-state index in [-0.39, 0.29) is 17.7 Å². The highest BCUT2D eigenvalue weighted by atomic mass is 19.1. The summed E-state index contributed by atoms with van der Waals surface area (Å²) in [6.45, 7) is 1.92. The first-order valence-corrected chi connectivity index (χ1v) is 4.63. The van der Waals surface area contributed by atoms with E-state index in [1.807, 2.05) is 6.92 Å². The number of pyridine rings is 1. The highest BCUT2D eigenvalue weighted by Crippen LogP contribution is 2.18. The van der Waals surface area contributed by atoms with Crippen LogP contribution in [0.15, 0.2) is 30.7 Å². The number of halogens is 1. The molecule has 0 saturated heterocycles. The van der Waals surface area contributed by atoms with Crippen molar-refractivity contribution < 1.29 is 4.39 Å². The first kappa shape index (κ1) is 9.64. The fourth-order valence-electron chi connectivity index (χ4n) is 1.28. The van der Waals surface area contributed by atoms with Gasteiger partial charge in [-0.25, -0.2) is 9.37 Å². The monoisotopic (exact) mass is 206 g/mol. The lowest BCUT2D eigenvalue weighted by molar-refractivity contribution is 0.621. The lowest BCUT2D eigenvalue weighted by Gasteiger charge is -2.12. The molecule has 0 aliphatic rings. The summed E-state index contributed by atoms with van der Waals surface area (Å²) >= 11 is 0. The van der Waals surface area contributed by atoms with Gasteiger partial charge in [0.2, 0.25) is 0 Å². The second-order valence-electron chi connectivity index (χ2n) is 3.23. The van der Waals surface area contributed by atoms with Crippen LogP contribution in [0.2, 0.25) is 0 Å². The standard InChI is InChI=1S/C10H11FN4/c1-7(8-5-13-14-6-8)15-10-9(11)3-2-4-12-10/h2-7H,1H3,(H,12,15)(H,13,14). The first-order valence-electron chi connectivity index (χ1n) is 4.63. The molecule has 0 fully saturated rings. The number of nitrogens with zero attached hydrogens (tertiary/aromatic N) is 2. The zero-order chi connectivity index (χ0) is 10.7. The van der Waals surface area contributed by atoms with Crippen LogP contribution < -0.4 is 5.32 Å². The summed E-state index contributed by atoms with van der Waals surface area (Å²) in [5.41, 5.74) is 0.958. The van der Waals surface area contributed by atoms with Crippen molar-refractivity contribution in [1.29, 1.82) is 0 Å². The van der Waals surface area contributed by atoms with E-state index in [0.717, 1.165) is 5.56 Å². The maximum Gasteiger partial charge on any atom is 0.165 e. The molecular weight excluding hydrogens is 195 g/mol. The quantitative estimate of drug-likeness (QED) is 0.808. The molecular formula is C10H11FN4. The van der Waals surface area contributed by atoms with Crippen molar-refractivity contribution in [3.8, 4) is 0 Å². The van der Waals surface area contributed by atoms with Crippen LogP contribution in [0.1, 0.15) is 18.5 Å². The molecule has 0 bridgehead atoms. The maximum absolute atomic E-state index is 13.2. The van der Waals surface area contributed by atoms with Crippen LogP contribution in [-0.2, 0) is 0 Å². The van der Waals surface area contributed by atoms with Gasteiger partial charge >= 0.3 is 0 Å². The van der Waals surface area contributed by atoms with Gasteiger partial charge in [-0.3, -0.25) is 5.10 Å². The minimum atomic E-state index is -0.354. The minimum absolute atomic E-state index is 0.0341. The number of H-pyrrole nitrogens is 1. The van der Waals surface area contributed by atoms with E-state index in [1.165, 1.54) is 6.07 Å². The zero-order valence-corrected chi connectivity index (χ0v) is 8.24. The molecule has 2 heterocycles. The third kappa shape index (κ3) is 2.12. The van der Waals surface area contributed by atoms with Gasteiger partial charge in [-0.15, -0.1) is 0 Å². The largest absolute Gasteiger partial charge is 0.361 e. The molecule has 0 aliphatic carbocycles. The Labute approximate surface area is 86.6 Å². The fraction of sp³-hybridized carbons (Fsp3) is 0.200. The Bertz CT molecular complexity index is 427. The summed E-state index contributed by atoms with van der Waals surface area (Å²) in [4.78, 5) is 3.91. The first-order chi connectivity index (χ1) is 7.27. The number of aromatic amines is 1. The average molecular weight is 206 g/mol. The van der Waals surface area contributed by atoms with Gasteiger partial charge in [0.05, 0.1) is 12.2 Å². The summed E-state index contributed by atoms with van der Waals surface area (Å²) in [6, 6.07) is 2.90. The predicted octanol–water partition coefficient (Wildman–Crippen LogP) is 2.12. The molecule has 2 rings (SSSR count). The number of aromatic nitrogens is 3. The van der Waals surface area contributed by atoms with Crippen LogP contribution in [0.4, 0.5) is 10.2 Å². The molecule has 2 N–H and O–H groups in total. The molecule has 0 aliphatic heterocycles. The van der Waals surface area contributed by atoms with Gasteiger partial charge in [0.15, 0.2) is 11.6 Å². The molecule has 0 spiro atoms. The summed E-state index contributed by atoms with van der Waals surface area (Å²) in [6.07, 6.45) is 5.00. The Balaban J connectivity index is 2.13. The van der Waals surface area contributed by atoms with Gasteiger partial charge in [-0.05, 0) is 19.1 Å². The molecule has 1 unspecified atom stereocenters. The van der Waals surface area contributed by atoms with Gasteiger partial charge in [-0.2, -0.15) is 5.10 Å². The Kier molecular flexibility index (Phi) is 2.62. The van der Waals surface area contributed by atoms with E-state index in [0.29, 0.717) is 0 Å². The van der Waals surface area contributed by atoms with Crippen LogP contribution in [0.5, 0.6) is 0 Å². The summed E-state index contributed by atoms with van der Waals surface area (Å²) in [7, 11) is 0. The summed E-state index contributed by atoms with van der Waals surface area (Å²) < 4.78 is 13.2. The van der Waals surface area contributed by atoms with E-state index in [9.17, 15) is 4.39 Å². The van der Waals surface area contributed by atoms with Crippen LogP contribution in [0.3, 0.4) is 0 Å². The molecule has 0 saturated carbocycles. The van der Waals surface area contributed by atoms with Crippen molar-refractivity contribution in [2.45, 2.75) is 13.0 Å². The molecule has 15 heavy (non-hydrogen) atoms. The SMILES string of the molecule is CC(Nc1ncccc1F)c1cn[nH]c1. The van der Waals surface area contributed by atoms with Crippen molar-refractivity contribution in [2.24, 2.45) is 0 Å². The molecule has 0 amide bonds. The van der Waals surface area contributed by atoms with E-state index in [2.05, 4.69) is 20.5 Å².